The maximum atomic E-state index is 12.3. The molecule has 0 aromatic heterocycles. The number of rotatable bonds is 9. The fourth-order valence-electron chi connectivity index (χ4n) is 3.38. The van der Waals surface area contributed by atoms with Crippen molar-refractivity contribution in [3.63, 3.8) is 0 Å². The third-order valence-corrected chi connectivity index (χ3v) is 4.69. The zero-order chi connectivity index (χ0) is 20.2. The number of hydrogen-bond acceptors (Lipinski definition) is 6. The minimum absolute atomic E-state index is 0.00201. The zero-order valence-corrected chi connectivity index (χ0v) is 15.7. The maximum absolute atomic E-state index is 12.3. The van der Waals surface area contributed by atoms with E-state index in [2.05, 4.69) is 0 Å². The molecule has 0 spiro atoms. The fourth-order valence-corrected chi connectivity index (χ4v) is 3.38. The lowest BCUT2D eigenvalue weighted by molar-refractivity contribution is -0.169. The minimum Gasteiger partial charge on any atom is -0.480 e. The van der Waals surface area contributed by atoms with Crippen molar-refractivity contribution in [3.05, 3.63) is 35.4 Å². The average Bonchev–Trinajstić information content (AvgIpc) is 2.87. The van der Waals surface area contributed by atoms with Gasteiger partial charge in [-0.2, -0.15) is 0 Å². The number of carboxylic acids is 1. The van der Waals surface area contributed by atoms with Gasteiger partial charge >= 0.3 is 11.9 Å². The second-order valence-corrected chi connectivity index (χ2v) is 6.88. The molecule has 2 rings (SSSR count). The summed E-state index contributed by atoms with van der Waals surface area (Å²) in [6.45, 7) is 0.174. The number of benzene rings is 1. The minimum atomic E-state index is -1.68. The van der Waals surface area contributed by atoms with E-state index in [9.17, 15) is 24.3 Å². The third-order valence-electron chi connectivity index (χ3n) is 4.69. The summed E-state index contributed by atoms with van der Waals surface area (Å²) in [5.41, 5.74) is -0.922. The molecule has 1 N–H and O–H groups in total. The number of ether oxygens (including phenoxy) is 1. The number of imide groups is 1. The number of methoxy groups -OCH3 is 1. The Morgan fingerprint density at radius 2 is 1.67 bits per heavy atom. The number of fused-ring (bicyclic) bond motifs is 1. The number of carbonyl (C=O) groups excluding carboxylic acids is 3. The standard InChI is InChI=1S/C19H24N2O6/c1-20(2)12-19(17(24)25,18(26)27-3)10-6-7-11-21-15(22)13-8-4-5-9-14(13)16(21)23/h4-5,8-9H,6-7,10-12H2,1-3H3,(H,24,25). The summed E-state index contributed by atoms with van der Waals surface area (Å²) in [6.07, 6.45) is 0.796. The number of esters is 1. The summed E-state index contributed by atoms with van der Waals surface area (Å²) >= 11 is 0. The van der Waals surface area contributed by atoms with Crippen LogP contribution in [0.25, 0.3) is 0 Å². The van der Waals surface area contributed by atoms with Gasteiger partial charge in [0.1, 0.15) is 0 Å². The Kier molecular flexibility index (Phi) is 6.32. The molecule has 1 aliphatic rings. The molecule has 1 heterocycles. The molecule has 0 fully saturated rings. The van der Waals surface area contributed by atoms with Crippen LogP contribution in [0.5, 0.6) is 0 Å². The van der Waals surface area contributed by atoms with Gasteiger partial charge in [0.25, 0.3) is 11.8 Å². The van der Waals surface area contributed by atoms with Crippen LogP contribution in [0.4, 0.5) is 0 Å². The molecular formula is C19H24N2O6. The first-order valence-electron chi connectivity index (χ1n) is 8.66. The Balaban J connectivity index is 2.02. The van der Waals surface area contributed by atoms with E-state index in [-0.39, 0.29) is 31.3 Å². The molecule has 2 amide bonds. The number of unbranched alkanes of at least 4 members (excludes halogenated alkanes) is 1. The largest absolute Gasteiger partial charge is 0.480 e. The molecule has 8 nitrogen and oxygen atoms in total. The Bertz CT molecular complexity index is 725. The SMILES string of the molecule is COC(=O)C(CCCCN1C(=O)c2ccccc2C1=O)(CN(C)C)C(=O)O. The molecule has 0 aliphatic carbocycles. The number of aliphatic carboxylic acids is 1. The highest BCUT2D eigenvalue weighted by Crippen LogP contribution is 2.29. The lowest BCUT2D eigenvalue weighted by Crippen LogP contribution is -2.47. The number of carbonyl (C=O) groups is 4. The molecule has 0 saturated carbocycles. The molecule has 1 aromatic rings. The van der Waals surface area contributed by atoms with Crippen LogP contribution in [0.3, 0.4) is 0 Å². The number of carboxylic acid groups (broad SMARTS) is 1. The van der Waals surface area contributed by atoms with E-state index in [1.807, 2.05) is 0 Å². The monoisotopic (exact) mass is 376 g/mol. The highest BCUT2D eigenvalue weighted by atomic mass is 16.5. The molecule has 27 heavy (non-hydrogen) atoms. The first-order chi connectivity index (χ1) is 12.7. The van der Waals surface area contributed by atoms with Gasteiger partial charge in [0, 0.05) is 13.1 Å². The summed E-state index contributed by atoms with van der Waals surface area (Å²) in [5.74, 6) is -2.74. The van der Waals surface area contributed by atoms with Crippen LogP contribution < -0.4 is 0 Å². The van der Waals surface area contributed by atoms with Crippen molar-refractivity contribution in [2.24, 2.45) is 5.41 Å². The first kappa shape index (κ1) is 20.6. The second-order valence-electron chi connectivity index (χ2n) is 6.88. The summed E-state index contributed by atoms with van der Waals surface area (Å²) in [7, 11) is 4.52. The lowest BCUT2D eigenvalue weighted by Gasteiger charge is -2.29. The van der Waals surface area contributed by atoms with Crippen LogP contribution in [0.15, 0.2) is 24.3 Å². The van der Waals surface area contributed by atoms with Gasteiger partial charge in [-0.3, -0.25) is 24.1 Å². The smallest absolute Gasteiger partial charge is 0.324 e. The number of nitrogens with zero attached hydrogens (tertiary/aromatic N) is 2. The molecule has 8 heteroatoms. The van der Waals surface area contributed by atoms with Crippen LogP contribution >= 0.6 is 0 Å². The highest BCUT2D eigenvalue weighted by Gasteiger charge is 2.47. The highest BCUT2D eigenvalue weighted by molar-refractivity contribution is 6.21. The summed E-state index contributed by atoms with van der Waals surface area (Å²) in [6, 6.07) is 6.62. The van der Waals surface area contributed by atoms with Crippen molar-refractivity contribution >= 4 is 23.8 Å². The molecule has 146 valence electrons. The van der Waals surface area contributed by atoms with Gasteiger partial charge in [-0.1, -0.05) is 12.1 Å². The molecule has 1 aromatic carbocycles. The van der Waals surface area contributed by atoms with E-state index < -0.39 is 17.4 Å². The predicted molar refractivity (Wildman–Crippen MR) is 96.3 cm³/mol. The molecule has 0 radical (unpaired) electrons. The van der Waals surface area contributed by atoms with E-state index in [0.717, 1.165) is 12.0 Å². The Hall–Kier alpha value is -2.74. The van der Waals surface area contributed by atoms with E-state index in [0.29, 0.717) is 24.0 Å². The van der Waals surface area contributed by atoms with Gasteiger partial charge in [0.15, 0.2) is 5.41 Å². The third kappa shape index (κ3) is 4.00. The van der Waals surface area contributed by atoms with Crippen LogP contribution in [0, 0.1) is 5.41 Å². The topological polar surface area (TPSA) is 104 Å². The maximum Gasteiger partial charge on any atom is 0.324 e. The van der Waals surface area contributed by atoms with Crippen LogP contribution in [0.1, 0.15) is 40.0 Å². The Morgan fingerprint density at radius 1 is 1.11 bits per heavy atom. The summed E-state index contributed by atoms with van der Waals surface area (Å²) in [5, 5.41) is 9.64. The summed E-state index contributed by atoms with van der Waals surface area (Å²) < 4.78 is 4.72. The molecule has 1 aliphatic heterocycles. The van der Waals surface area contributed by atoms with Gasteiger partial charge in [0.05, 0.1) is 18.2 Å². The van der Waals surface area contributed by atoms with Crippen molar-refractivity contribution in [2.75, 3.05) is 34.3 Å². The van der Waals surface area contributed by atoms with Gasteiger partial charge in [-0.15, -0.1) is 0 Å². The van der Waals surface area contributed by atoms with Crippen LogP contribution in [-0.4, -0.2) is 73.0 Å². The number of amides is 2. The van der Waals surface area contributed by atoms with Crippen molar-refractivity contribution in [1.29, 1.82) is 0 Å². The van der Waals surface area contributed by atoms with Crippen molar-refractivity contribution < 1.29 is 29.0 Å². The van der Waals surface area contributed by atoms with Crippen molar-refractivity contribution in [1.82, 2.24) is 9.80 Å². The Labute approximate surface area is 157 Å². The van der Waals surface area contributed by atoms with Gasteiger partial charge in [-0.05, 0) is 45.5 Å². The van der Waals surface area contributed by atoms with Crippen LogP contribution in [-0.2, 0) is 14.3 Å². The molecule has 1 atom stereocenters. The van der Waals surface area contributed by atoms with Gasteiger partial charge < -0.3 is 14.7 Å². The Morgan fingerprint density at radius 3 is 2.11 bits per heavy atom. The van der Waals surface area contributed by atoms with E-state index in [1.165, 1.54) is 0 Å². The molecule has 0 bridgehead atoms. The molecule has 1 unspecified atom stereocenters. The first-order valence-corrected chi connectivity index (χ1v) is 8.66. The fraction of sp³-hybridized carbons (Fsp3) is 0.474. The van der Waals surface area contributed by atoms with Gasteiger partial charge in [-0.25, -0.2) is 0 Å². The lowest BCUT2D eigenvalue weighted by atomic mass is 9.82. The molecule has 0 saturated heterocycles. The van der Waals surface area contributed by atoms with Crippen LogP contribution in [0.2, 0.25) is 0 Å². The zero-order valence-electron chi connectivity index (χ0n) is 15.7. The summed E-state index contributed by atoms with van der Waals surface area (Å²) in [4.78, 5) is 51.4. The number of hydrogen-bond donors (Lipinski definition) is 1. The van der Waals surface area contributed by atoms with Crippen molar-refractivity contribution in [2.45, 2.75) is 19.3 Å². The van der Waals surface area contributed by atoms with E-state index >= 15 is 0 Å². The van der Waals surface area contributed by atoms with E-state index in [1.54, 1.807) is 43.3 Å². The van der Waals surface area contributed by atoms with Crippen molar-refractivity contribution in [3.8, 4) is 0 Å². The van der Waals surface area contributed by atoms with E-state index in [4.69, 9.17) is 4.74 Å². The normalized spacial score (nSPS) is 15.6. The average molecular weight is 376 g/mol. The second kappa shape index (κ2) is 8.30. The molecular weight excluding hydrogens is 352 g/mol. The van der Waals surface area contributed by atoms with Gasteiger partial charge in [0.2, 0.25) is 0 Å². The predicted octanol–water partition coefficient (Wildman–Crippen LogP) is 1.26. The quantitative estimate of drug-likeness (QED) is 0.299.